The standard InChI is InChI=1S/C20H32N2O/c1-6-8-18(16(5)23)20(12-13-20)11-9-19(22-7-2)17(10-14-21)15(3)4/h7,10,14,18H,2,6,8-9,11-13,21H2,1,3-5H3/b14-10-,22-19?/t18-/m1/s1. The van der Waals surface area contributed by atoms with Crippen molar-refractivity contribution in [3.8, 4) is 0 Å². The van der Waals surface area contributed by atoms with Gasteiger partial charge in [-0.25, -0.2) is 0 Å². The molecule has 0 heterocycles. The monoisotopic (exact) mass is 316 g/mol. The molecule has 0 saturated heterocycles. The van der Waals surface area contributed by atoms with Crippen molar-refractivity contribution in [3.63, 3.8) is 0 Å². The second-order valence-corrected chi connectivity index (χ2v) is 6.85. The van der Waals surface area contributed by atoms with Crippen LogP contribution < -0.4 is 5.73 Å². The van der Waals surface area contributed by atoms with E-state index in [1.807, 2.05) is 6.08 Å². The summed E-state index contributed by atoms with van der Waals surface area (Å²) in [5.74, 6) is 0.550. The lowest BCUT2D eigenvalue weighted by molar-refractivity contribution is -0.123. The first-order valence-corrected chi connectivity index (χ1v) is 8.66. The van der Waals surface area contributed by atoms with Crippen LogP contribution in [0.2, 0.25) is 0 Å². The lowest BCUT2D eigenvalue weighted by Gasteiger charge is -2.25. The van der Waals surface area contributed by atoms with Crippen LogP contribution >= 0.6 is 0 Å². The summed E-state index contributed by atoms with van der Waals surface area (Å²) in [5, 5.41) is 0. The summed E-state index contributed by atoms with van der Waals surface area (Å²) < 4.78 is 0. The number of ketones is 1. The maximum absolute atomic E-state index is 12.1. The number of rotatable bonds is 10. The molecule has 3 nitrogen and oxygen atoms in total. The van der Waals surface area contributed by atoms with Crippen LogP contribution in [0.3, 0.4) is 0 Å². The summed E-state index contributed by atoms with van der Waals surface area (Å²) in [6, 6.07) is 0. The number of carbonyl (C=O) groups excluding carboxylic acids is 1. The molecule has 1 fully saturated rings. The van der Waals surface area contributed by atoms with Gasteiger partial charge in [0, 0.05) is 17.8 Å². The first-order chi connectivity index (χ1) is 10.9. The minimum Gasteiger partial charge on any atom is -0.405 e. The largest absolute Gasteiger partial charge is 0.405 e. The highest BCUT2D eigenvalue weighted by Crippen LogP contribution is 2.57. The van der Waals surface area contributed by atoms with Crippen molar-refractivity contribution in [2.75, 3.05) is 0 Å². The number of allylic oxidation sites excluding steroid dienone is 3. The van der Waals surface area contributed by atoms with Crippen molar-refractivity contribution in [1.29, 1.82) is 0 Å². The zero-order valence-corrected chi connectivity index (χ0v) is 15.2. The van der Waals surface area contributed by atoms with Gasteiger partial charge in [-0.2, -0.15) is 0 Å². The van der Waals surface area contributed by atoms with E-state index in [4.69, 9.17) is 5.73 Å². The van der Waals surface area contributed by atoms with Gasteiger partial charge in [-0.15, -0.1) is 0 Å². The van der Waals surface area contributed by atoms with Gasteiger partial charge in [0.05, 0.1) is 0 Å². The van der Waals surface area contributed by atoms with Gasteiger partial charge in [-0.05, 0) is 76.1 Å². The molecule has 23 heavy (non-hydrogen) atoms. The average molecular weight is 316 g/mol. The topological polar surface area (TPSA) is 55.5 Å². The molecule has 0 amide bonds. The molecule has 1 atom stereocenters. The Balaban J connectivity index is 2.92. The average Bonchev–Trinajstić information content (AvgIpc) is 3.27. The highest BCUT2D eigenvalue weighted by atomic mass is 16.1. The fourth-order valence-electron chi connectivity index (χ4n) is 3.56. The highest BCUT2D eigenvalue weighted by molar-refractivity contribution is 6.03. The van der Waals surface area contributed by atoms with Crippen LogP contribution in [0.4, 0.5) is 0 Å². The number of nitrogens with zero attached hydrogens (tertiary/aromatic N) is 1. The Morgan fingerprint density at radius 2 is 2.00 bits per heavy atom. The summed E-state index contributed by atoms with van der Waals surface area (Å²) in [4.78, 5) is 16.5. The van der Waals surface area contributed by atoms with Gasteiger partial charge in [0.25, 0.3) is 0 Å². The van der Waals surface area contributed by atoms with Crippen molar-refractivity contribution >= 4 is 11.5 Å². The summed E-state index contributed by atoms with van der Waals surface area (Å²) >= 11 is 0. The number of nitrogens with two attached hydrogens (primary N) is 1. The molecule has 0 aromatic carbocycles. The Bertz CT molecular complexity index is 518. The number of Topliss-reactive ketones (excluding diaryl/α,β-unsaturated/α-hetero) is 1. The molecule has 128 valence electrons. The van der Waals surface area contributed by atoms with Crippen LogP contribution in [0.15, 0.2) is 41.2 Å². The molecule has 0 aliphatic heterocycles. The molecular weight excluding hydrogens is 284 g/mol. The molecular formula is C20H32N2O. The van der Waals surface area contributed by atoms with Gasteiger partial charge >= 0.3 is 0 Å². The predicted molar refractivity (Wildman–Crippen MR) is 99.3 cm³/mol. The van der Waals surface area contributed by atoms with E-state index in [-0.39, 0.29) is 11.3 Å². The quantitative estimate of drug-likeness (QED) is 0.458. The molecule has 0 bridgehead atoms. The lowest BCUT2D eigenvalue weighted by atomic mass is 9.79. The van der Waals surface area contributed by atoms with Crippen LogP contribution in [0.1, 0.15) is 66.2 Å². The second kappa shape index (κ2) is 8.85. The van der Waals surface area contributed by atoms with E-state index in [1.54, 1.807) is 19.3 Å². The minimum absolute atomic E-state index is 0.197. The number of hydrogen-bond acceptors (Lipinski definition) is 3. The highest BCUT2D eigenvalue weighted by Gasteiger charge is 2.49. The Hall–Kier alpha value is -1.64. The van der Waals surface area contributed by atoms with E-state index in [2.05, 4.69) is 32.3 Å². The van der Waals surface area contributed by atoms with E-state index in [0.717, 1.165) is 49.8 Å². The number of carbonyl (C=O) groups is 1. The molecule has 1 aliphatic rings. The van der Waals surface area contributed by atoms with Crippen LogP contribution in [0, 0.1) is 11.3 Å². The van der Waals surface area contributed by atoms with Crippen molar-refractivity contribution in [2.24, 2.45) is 22.1 Å². The number of hydrogen-bond donors (Lipinski definition) is 1. The van der Waals surface area contributed by atoms with E-state index in [0.29, 0.717) is 5.78 Å². The molecule has 0 aromatic heterocycles. The third kappa shape index (κ3) is 5.19. The SMILES string of the molecule is C=CN=C(CCC1([C@H](CCC)C(C)=O)CC1)C(/C=C\N)=C(C)C. The summed E-state index contributed by atoms with van der Waals surface area (Å²) in [6.45, 7) is 11.8. The second-order valence-electron chi connectivity index (χ2n) is 6.85. The predicted octanol–water partition coefficient (Wildman–Crippen LogP) is 4.95. The molecule has 0 spiro atoms. The number of aliphatic imine (C=N–C) groups is 1. The van der Waals surface area contributed by atoms with Gasteiger partial charge in [0.1, 0.15) is 5.78 Å². The van der Waals surface area contributed by atoms with Crippen LogP contribution in [0.25, 0.3) is 0 Å². The normalized spacial score (nSPS) is 17.8. The van der Waals surface area contributed by atoms with Gasteiger partial charge < -0.3 is 5.73 Å². The van der Waals surface area contributed by atoms with E-state index in [1.165, 1.54) is 5.57 Å². The summed E-state index contributed by atoms with van der Waals surface area (Å²) in [5.41, 5.74) is 9.07. The fraction of sp³-hybridized carbons (Fsp3) is 0.600. The van der Waals surface area contributed by atoms with Crippen LogP contribution in [-0.2, 0) is 4.79 Å². The summed E-state index contributed by atoms with van der Waals surface area (Å²) in [7, 11) is 0. The molecule has 0 unspecified atom stereocenters. The molecule has 1 aliphatic carbocycles. The first-order valence-electron chi connectivity index (χ1n) is 8.66. The maximum Gasteiger partial charge on any atom is 0.133 e. The van der Waals surface area contributed by atoms with Gasteiger partial charge in [-0.3, -0.25) is 9.79 Å². The molecule has 0 aromatic rings. The van der Waals surface area contributed by atoms with E-state index >= 15 is 0 Å². The molecule has 3 heteroatoms. The van der Waals surface area contributed by atoms with Crippen molar-refractivity contribution < 1.29 is 4.79 Å². The smallest absolute Gasteiger partial charge is 0.133 e. The Kier molecular flexibility index (Phi) is 7.47. The van der Waals surface area contributed by atoms with E-state index in [9.17, 15) is 4.79 Å². The first kappa shape index (κ1) is 19.4. The lowest BCUT2D eigenvalue weighted by Crippen LogP contribution is -2.24. The van der Waals surface area contributed by atoms with Crippen LogP contribution in [-0.4, -0.2) is 11.5 Å². The molecule has 2 N–H and O–H groups in total. The summed E-state index contributed by atoms with van der Waals surface area (Å²) in [6.07, 6.45) is 11.3. The van der Waals surface area contributed by atoms with Gasteiger partial charge in [-0.1, -0.05) is 25.5 Å². The zero-order valence-electron chi connectivity index (χ0n) is 15.2. The van der Waals surface area contributed by atoms with Crippen molar-refractivity contribution in [1.82, 2.24) is 0 Å². The minimum atomic E-state index is 0.197. The Labute approximate surface area is 141 Å². The molecule has 1 rings (SSSR count). The zero-order chi connectivity index (χ0) is 17.5. The molecule has 0 radical (unpaired) electrons. The fourth-order valence-corrected chi connectivity index (χ4v) is 3.56. The van der Waals surface area contributed by atoms with Crippen molar-refractivity contribution in [3.05, 3.63) is 36.2 Å². The maximum atomic E-state index is 12.1. The van der Waals surface area contributed by atoms with Gasteiger partial charge in [0.2, 0.25) is 0 Å². The van der Waals surface area contributed by atoms with Crippen LogP contribution in [0.5, 0.6) is 0 Å². The van der Waals surface area contributed by atoms with E-state index < -0.39 is 0 Å². The Morgan fingerprint density at radius 1 is 1.35 bits per heavy atom. The third-order valence-electron chi connectivity index (χ3n) is 4.92. The van der Waals surface area contributed by atoms with Gasteiger partial charge in [0.15, 0.2) is 0 Å². The molecule has 1 saturated carbocycles. The third-order valence-corrected chi connectivity index (χ3v) is 4.92. The van der Waals surface area contributed by atoms with Crippen molar-refractivity contribution in [2.45, 2.75) is 66.2 Å². The Morgan fingerprint density at radius 3 is 2.39 bits per heavy atom.